The van der Waals surface area contributed by atoms with Gasteiger partial charge in [0, 0.05) is 17.6 Å². The van der Waals surface area contributed by atoms with E-state index in [0.29, 0.717) is 24.4 Å². The summed E-state index contributed by atoms with van der Waals surface area (Å²) >= 11 is 5.80. The summed E-state index contributed by atoms with van der Waals surface area (Å²) in [7, 11) is 0. The average Bonchev–Trinajstić information content (AvgIpc) is 2.90. The number of nitrogens with one attached hydrogen (secondary N) is 2. The fourth-order valence-electron chi connectivity index (χ4n) is 2.54. The molecule has 1 aliphatic carbocycles. The van der Waals surface area contributed by atoms with Gasteiger partial charge in [-0.05, 0) is 43.4 Å². The molecule has 0 aliphatic heterocycles. The van der Waals surface area contributed by atoms with Crippen molar-refractivity contribution in [1.29, 1.82) is 0 Å². The molecule has 2 amide bonds. The highest BCUT2D eigenvalue weighted by molar-refractivity contribution is 6.30. The van der Waals surface area contributed by atoms with Crippen molar-refractivity contribution in [2.45, 2.75) is 31.7 Å². The minimum Gasteiger partial charge on any atom is -0.481 e. The number of amides is 2. The maximum atomic E-state index is 11.7. The summed E-state index contributed by atoms with van der Waals surface area (Å²) in [6.07, 6.45) is 2.60. The SMILES string of the molecule is O=C(NCCc1ccc(Cl)cc1)NC1CCC(C(=O)O)C1. The Kier molecular flexibility index (Phi) is 5.44. The second-order valence-corrected chi connectivity index (χ2v) is 5.76. The van der Waals surface area contributed by atoms with Gasteiger partial charge >= 0.3 is 12.0 Å². The molecule has 5 nitrogen and oxygen atoms in total. The Morgan fingerprint density at radius 2 is 1.95 bits per heavy atom. The molecule has 2 unspecified atom stereocenters. The number of carbonyl (C=O) groups excluding carboxylic acids is 1. The van der Waals surface area contributed by atoms with E-state index in [0.717, 1.165) is 18.4 Å². The zero-order valence-electron chi connectivity index (χ0n) is 11.6. The number of carboxylic acid groups (broad SMARTS) is 1. The number of halogens is 1. The average molecular weight is 311 g/mol. The van der Waals surface area contributed by atoms with Crippen LogP contribution in [0.5, 0.6) is 0 Å². The Balaban J connectivity index is 1.66. The molecule has 3 N–H and O–H groups in total. The number of rotatable bonds is 5. The first-order valence-electron chi connectivity index (χ1n) is 7.06. The van der Waals surface area contributed by atoms with Gasteiger partial charge in [0.2, 0.25) is 0 Å². The summed E-state index contributed by atoms with van der Waals surface area (Å²) in [5, 5.41) is 15.2. The first kappa shape index (κ1) is 15.6. The zero-order chi connectivity index (χ0) is 15.2. The largest absolute Gasteiger partial charge is 0.481 e. The first-order valence-corrected chi connectivity index (χ1v) is 7.44. The topological polar surface area (TPSA) is 78.4 Å². The maximum Gasteiger partial charge on any atom is 0.315 e. The zero-order valence-corrected chi connectivity index (χ0v) is 12.4. The van der Waals surface area contributed by atoms with Gasteiger partial charge in [-0.2, -0.15) is 0 Å². The van der Waals surface area contributed by atoms with Gasteiger partial charge < -0.3 is 15.7 Å². The quantitative estimate of drug-likeness (QED) is 0.781. The molecule has 2 atom stereocenters. The van der Waals surface area contributed by atoms with Crippen molar-refractivity contribution in [1.82, 2.24) is 10.6 Å². The summed E-state index contributed by atoms with van der Waals surface area (Å²) < 4.78 is 0. The third-order valence-electron chi connectivity index (χ3n) is 3.73. The number of benzene rings is 1. The normalized spacial score (nSPS) is 21.0. The number of hydrogen-bond acceptors (Lipinski definition) is 2. The van der Waals surface area contributed by atoms with Gasteiger partial charge in [0.25, 0.3) is 0 Å². The van der Waals surface area contributed by atoms with Crippen LogP contribution in [-0.4, -0.2) is 29.7 Å². The fraction of sp³-hybridized carbons (Fsp3) is 0.467. The lowest BCUT2D eigenvalue weighted by molar-refractivity contribution is -0.141. The van der Waals surface area contributed by atoms with E-state index >= 15 is 0 Å². The molecule has 0 heterocycles. The van der Waals surface area contributed by atoms with E-state index in [1.54, 1.807) is 0 Å². The Labute approximate surface area is 128 Å². The van der Waals surface area contributed by atoms with Crippen LogP contribution in [0.25, 0.3) is 0 Å². The molecule has 0 spiro atoms. The van der Waals surface area contributed by atoms with Crippen LogP contribution in [0.1, 0.15) is 24.8 Å². The van der Waals surface area contributed by atoms with Crippen LogP contribution in [0.3, 0.4) is 0 Å². The van der Waals surface area contributed by atoms with Crippen molar-refractivity contribution < 1.29 is 14.7 Å². The summed E-state index contributed by atoms with van der Waals surface area (Å²) in [5.74, 6) is -1.10. The van der Waals surface area contributed by atoms with Crippen LogP contribution in [0.15, 0.2) is 24.3 Å². The van der Waals surface area contributed by atoms with Gasteiger partial charge in [0.15, 0.2) is 0 Å². The minimum atomic E-state index is -0.776. The first-order chi connectivity index (χ1) is 10.0. The van der Waals surface area contributed by atoms with Crippen LogP contribution >= 0.6 is 11.6 Å². The second-order valence-electron chi connectivity index (χ2n) is 5.32. The molecule has 21 heavy (non-hydrogen) atoms. The molecule has 0 bridgehead atoms. The summed E-state index contributed by atoms with van der Waals surface area (Å²) in [5.41, 5.74) is 1.10. The number of carbonyl (C=O) groups is 2. The highest BCUT2D eigenvalue weighted by atomic mass is 35.5. The lowest BCUT2D eigenvalue weighted by Gasteiger charge is -2.13. The van der Waals surface area contributed by atoms with E-state index in [1.165, 1.54) is 0 Å². The van der Waals surface area contributed by atoms with Crippen molar-refractivity contribution in [3.05, 3.63) is 34.9 Å². The Morgan fingerprint density at radius 1 is 1.24 bits per heavy atom. The van der Waals surface area contributed by atoms with Crippen LogP contribution in [0.4, 0.5) is 4.79 Å². The molecule has 6 heteroatoms. The Morgan fingerprint density at radius 3 is 2.57 bits per heavy atom. The predicted molar refractivity (Wildman–Crippen MR) is 80.5 cm³/mol. The third kappa shape index (κ3) is 4.93. The lowest BCUT2D eigenvalue weighted by Crippen LogP contribution is -2.41. The van der Waals surface area contributed by atoms with Crippen molar-refractivity contribution in [2.24, 2.45) is 5.92 Å². The molecule has 0 saturated heterocycles. The van der Waals surface area contributed by atoms with Crippen LogP contribution < -0.4 is 10.6 Å². The van der Waals surface area contributed by atoms with Gasteiger partial charge in [-0.15, -0.1) is 0 Å². The number of carboxylic acids is 1. The molecule has 0 radical (unpaired) electrons. The van der Waals surface area contributed by atoms with Crippen molar-refractivity contribution in [2.75, 3.05) is 6.54 Å². The van der Waals surface area contributed by atoms with E-state index in [9.17, 15) is 9.59 Å². The number of urea groups is 1. The molecular weight excluding hydrogens is 292 g/mol. The van der Waals surface area contributed by atoms with Gasteiger partial charge in [-0.1, -0.05) is 23.7 Å². The van der Waals surface area contributed by atoms with Gasteiger partial charge in [0.1, 0.15) is 0 Å². The van der Waals surface area contributed by atoms with Crippen molar-refractivity contribution >= 4 is 23.6 Å². The molecule has 114 valence electrons. The molecule has 2 rings (SSSR count). The van der Waals surface area contributed by atoms with E-state index in [1.807, 2.05) is 24.3 Å². The Bertz CT molecular complexity index is 504. The minimum absolute atomic E-state index is 0.0402. The molecule has 1 fully saturated rings. The smallest absolute Gasteiger partial charge is 0.315 e. The standard InChI is InChI=1S/C15H19ClN2O3/c16-12-4-1-10(2-5-12)7-8-17-15(21)18-13-6-3-11(9-13)14(19)20/h1-2,4-5,11,13H,3,6-9H2,(H,19,20)(H2,17,18,21). The Hall–Kier alpha value is -1.75. The number of aliphatic carboxylic acids is 1. The van der Waals surface area contributed by atoms with Gasteiger partial charge in [-0.3, -0.25) is 4.79 Å². The van der Waals surface area contributed by atoms with Crippen LogP contribution in [0.2, 0.25) is 5.02 Å². The van der Waals surface area contributed by atoms with Gasteiger partial charge in [0.05, 0.1) is 5.92 Å². The molecule has 1 saturated carbocycles. The van der Waals surface area contributed by atoms with Gasteiger partial charge in [-0.25, -0.2) is 4.79 Å². The molecular formula is C15H19ClN2O3. The summed E-state index contributed by atoms with van der Waals surface area (Å²) in [4.78, 5) is 22.6. The molecule has 1 aromatic rings. The molecule has 0 aromatic heterocycles. The third-order valence-corrected chi connectivity index (χ3v) is 3.98. The van der Waals surface area contributed by atoms with E-state index in [2.05, 4.69) is 10.6 Å². The van der Waals surface area contributed by atoms with Crippen LogP contribution in [0, 0.1) is 5.92 Å². The van der Waals surface area contributed by atoms with E-state index in [4.69, 9.17) is 16.7 Å². The molecule has 1 aliphatic rings. The lowest BCUT2D eigenvalue weighted by atomic mass is 10.1. The fourth-order valence-corrected chi connectivity index (χ4v) is 2.67. The monoisotopic (exact) mass is 310 g/mol. The maximum absolute atomic E-state index is 11.7. The van der Waals surface area contributed by atoms with Crippen LogP contribution in [-0.2, 0) is 11.2 Å². The summed E-state index contributed by atoms with van der Waals surface area (Å²) in [6.45, 7) is 0.530. The highest BCUT2D eigenvalue weighted by Gasteiger charge is 2.30. The second kappa shape index (κ2) is 7.31. The molecule has 1 aromatic carbocycles. The predicted octanol–water partition coefficient (Wildman–Crippen LogP) is 2.44. The number of hydrogen-bond donors (Lipinski definition) is 3. The van der Waals surface area contributed by atoms with Crippen molar-refractivity contribution in [3.63, 3.8) is 0 Å². The van der Waals surface area contributed by atoms with Crippen molar-refractivity contribution in [3.8, 4) is 0 Å². The van der Waals surface area contributed by atoms with E-state index in [-0.39, 0.29) is 18.0 Å². The van der Waals surface area contributed by atoms with E-state index < -0.39 is 5.97 Å². The summed E-state index contributed by atoms with van der Waals surface area (Å²) in [6, 6.07) is 7.22. The highest BCUT2D eigenvalue weighted by Crippen LogP contribution is 2.25.